The van der Waals surface area contributed by atoms with Crippen molar-refractivity contribution < 1.29 is 0 Å². The molecule has 0 atom stereocenters. The molecule has 0 bridgehead atoms. The molecule has 15 heavy (non-hydrogen) atoms. The maximum atomic E-state index is 5.79. The molecule has 1 heterocycles. The lowest BCUT2D eigenvalue weighted by atomic mass is 10.2. The first-order valence-electron chi connectivity index (χ1n) is 5.29. The van der Waals surface area contributed by atoms with Crippen LogP contribution >= 0.6 is 15.9 Å². The third-order valence-electron chi connectivity index (χ3n) is 3.00. The quantitative estimate of drug-likeness (QED) is 0.888. The van der Waals surface area contributed by atoms with Crippen molar-refractivity contribution >= 4 is 26.8 Å². The summed E-state index contributed by atoms with van der Waals surface area (Å²) in [7, 11) is 0. The number of halogens is 1. The summed E-state index contributed by atoms with van der Waals surface area (Å²) in [6.07, 6.45) is 2.59. The van der Waals surface area contributed by atoms with Gasteiger partial charge in [-0.05, 0) is 36.4 Å². The van der Waals surface area contributed by atoms with E-state index in [0.29, 0.717) is 12.6 Å². The van der Waals surface area contributed by atoms with Crippen LogP contribution in [-0.4, -0.2) is 4.57 Å². The molecule has 2 aromatic rings. The average molecular weight is 265 g/mol. The third kappa shape index (κ3) is 1.50. The van der Waals surface area contributed by atoms with E-state index in [-0.39, 0.29) is 0 Å². The smallest absolute Gasteiger partial charge is 0.0496 e. The van der Waals surface area contributed by atoms with Crippen LogP contribution in [0.15, 0.2) is 28.7 Å². The number of fused-ring (bicyclic) bond motifs is 1. The number of rotatable bonds is 2. The summed E-state index contributed by atoms with van der Waals surface area (Å²) >= 11 is 3.52. The van der Waals surface area contributed by atoms with Crippen LogP contribution in [0.3, 0.4) is 0 Å². The Morgan fingerprint density at radius 1 is 1.33 bits per heavy atom. The summed E-state index contributed by atoms with van der Waals surface area (Å²) < 4.78 is 3.54. The number of hydrogen-bond donors (Lipinski definition) is 1. The standard InChI is InChI=1S/C12H13BrN2/c13-9-2-1-8-5-11(7-14)15(10-3-4-10)12(8)6-9/h1-2,5-6,10H,3-4,7,14H2. The fourth-order valence-corrected chi connectivity index (χ4v) is 2.52. The minimum Gasteiger partial charge on any atom is -0.340 e. The Balaban J connectivity index is 2.30. The van der Waals surface area contributed by atoms with E-state index in [0.717, 1.165) is 4.47 Å². The Bertz CT molecular complexity index is 512. The molecule has 0 amide bonds. The van der Waals surface area contributed by atoms with Crippen molar-refractivity contribution in [3.63, 3.8) is 0 Å². The minimum absolute atomic E-state index is 0.628. The lowest BCUT2D eigenvalue weighted by molar-refractivity contribution is 0.721. The number of aromatic nitrogens is 1. The maximum absolute atomic E-state index is 5.79. The molecule has 0 spiro atoms. The van der Waals surface area contributed by atoms with Gasteiger partial charge in [-0.25, -0.2) is 0 Å². The second-order valence-electron chi connectivity index (χ2n) is 4.14. The molecular weight excluding hydrogens is 252 g/mol. The zero-order valence-electron chi connectivity index (χ0n) is 8.41. The highest BCUT2D eigenvalue weighted by molar-refractivity contribution is 9.10. The van der Waals surface area contributed by atoms with E-state index in [1.54, 1.807) is 0 Å². The van der Waals surface area contributed by atoms with Crippen LogP contribution in [0, 0.1) is 0 Å². The molecule has 0 aliphatic heterocycles. The summed E-state index contributed by atoms with van der Waals surface area (Å²) in [6.45, 7) is 0.628. The van der Waals surface area contributed by atoms with Gasteiger partial charge >= 0.3 is 0 Å². The highest BCUT2D eigenvalue weighted by Gasteiger charge is 2.26. The summed E-state index contributed by atoms with van der Waals surface area (Å²) in [4.78, 5) is 0. The Hall–Kier alpha value is -0.800. The lowest BCUT2D eigenvalue weighted by Crippen LogP contribution is -2.05. The van der Waals surface area contributed by atoms with Crippen molar-refractivity contribution in [2.45, 2.75) is 25.4 Å². The van der Waals surface area contributed by atoms with Crippen molar-refractivity contribution in [3.05, 3.63) is 34.4 Å². The van der Waals surface area contributed by atoms with Crippen molar-refractivity contribution in [1.82, 2.24) is 4.57 Å². The van der Waals surface area contributed by atoms with Gasteiger partial charge in [-0.2, -0.15) is 0 Å². The predicted octanol–water partition coefficient (Wildman–Crippen LogP) is 3.20. The molecule has 1 aromatic heterocycles. The van der Waals surface area contributed by atoms with E-state index in [1.807, 2.05) is 0 Å². The molecule has 1 aliphatic rings. The molecule has 2 N–H and O–H groups in total. The topological polar surface area (TPSA) is 30.9 Å². The van der Waals surface area contributed by atoms with Crippen LogP contribution in [0.4, 0.5) is 0 Å². The van der Waals surface area contributed by atoms with E-state index >= 15 is 0 Å². The molecule has 1 aromatic carbocycles. The van der Waals surface area contributed by atoms with E-state index in [2.05, 4.69) is 44.8 Å². The second kappa shape index (κ2) is 3.35. The van der Waals surface area contributed by atoms with Crippen LogP contribution in [0.5, 0.6) is 0 Å². The van der Waals surface area contributed by atoms with Crippen molar-refractivity contribution in [2.24, 2.45) is 5.73 Å². The molecule has 1 fully saturated rings. The van der Waals surface area contributed by atoms with Gasteiger partial charge in [-0.1, -0.05) is 22.0 Å². The largest absolute Gasteiger partial charge is 0.340 e. The first kappa shape index (κ1) is 9.43. The van der Waals surface area contributed by atoms with Crippen LogP contribution in [0.2, 0.25) is 0 Å². The number of hydrogen-bond acceptors (Lipinski definition) is 1. The summed E-state index contributed by atoms with van der Waals surface area (Å²) in [6, 6.07) is 9.32. The molecule has 0 radical (unpaired) electrons. The van der Waals surface area contributed by atoms with Crippen molar-refractivity contribution in [2.75, 3.05) is 0 Å². The summed E-state index contributed by atoms with van der Waals surface area (Å²) in [5.74, 6) is 0. The first-order valence-corrected chi connectivity index (χ1v) is 6.08. The Kier molecular flexibility index (Phi) is 2.11. The number of nitrogens with two attached hydrogens (primary N) is 1. The lowest BCUT2D eigenvalue weighted by Gasteiger charge is -2.07. The van der Waals surface area contributed by atoms with Gasteiger partial charge in [0.05, 0.1) is 0 Å². The third-order valence-corrected chi connectivity index (χ3v) is 3.50. The molecule has 2 nitrogen and oxygen atoms in total. The Labute approximate surface area is 97.2 Å². The van der Waals surface area contributed by atoms with Gasteiger partial charge in [0.25, 0.3) is 0 Å². The van der Waals surface area contributed by atoms with Crippen LogP contribution in [0.25, 0.3) is 10.9 Å². The average Bonchev–Trinajstić information content (AvgIpc) is 2.99. The summed E-state index contributed by atoms with van der Waals surface area (Å²) in [5, 5.41) is 1.30. The highest BCUT2D eigenvalue weighted by atomic mass is 79.9. The predicted molar refractivity (Wildman–Crippen MR) is 65.8 cm³/mol. The van der Waals surface area contributed by atoms with Crippen molar-refractivity contribution in [3.8, 4) is 0 Å². The molecule has 1 aliphatic carbocycles. The Morgan fingerprint density at radius 3 is 2.80 bits per heavy atom. The fraction of sp³-hybridized carbons (Fsp3) is 0.333. The first-order chi connectivity index (χ1) is 7.29. The molecule has 3 heteroatoms. The SMILES string of the molecule is NCc1cc2ccc(Br)cc2n1C1CC1. The molecule has 1 saturated carbocycles. The molecule has 0 saturated heterocycles. The molecule has 0 unspecified atom stereocenters. The molecular formula is C12H13BrN2. The fourth-order valence-electron chi connectivity index (χ4n) is 2.17. The highest BCUT2D eigenvalue weighted by Crippen LogP contribution is 2.40. The summed E-state index contributed by atoms with van der Waals surface area (Å²) in [5.41, 5.74) is 8.35. The number of benzene rings is 1. The minimum atomic E-state index is 0.628. The van der Waals surface area contributed by atoms with Crippen molar-refractivity contribution in [1.29, 1.82) is 0 Å². The van der Waals surface area contributed by atoms with E-state index in [1.165, 1.54) is 29.4 Å². The van der Waals surface area contributed by atoms with Gasteiger partial charge in [0.15, 0.2) is 0 Å². The van der Waals surface area contributed by atoms with E-state index < -0.39 is 0 Å². The number of nitrogens with zero attached hydrogens (tertiary/aromatic N) is 1. The maximum Gasteiger partial charge on any atom is 0.0496 e. The van der Waals surface area contributed by atoms with Gasteiger partial charge in [-0.15, -0.1) is 0 Å². The zero-order chi connectivity index (χ0) is 10.4. The van der Waals surface area contributed by atoms with Crippen LogP contribution in [-0.2, 0) is 6.54 Å². The van der Waals surface area contributed by atoms with E-state index in [9.17, 15) is 0 Å². The Morgan fingerprint density at radius 2 is 2.13 bits per heavy atom. The second-order valence-corrected chi connectivity index (χ2v) is 5.06. The molecule has 78 valence electrons. The van der Waals surface area contributed by atoms with Gasteiger partial charge < -0.3 is 10.3 Å². The van der Waals surface area contributed by atoms with Gasteiger partial charge in [0.2, 0.25) is 0 Å². The van der Waals surface area contributed by atoms with Gasteiger partial charge in [-0.3, -0.25) is 0 Å². The van der Waals surface area contributed by atoms with Crippen LogP contribution in [0.1, 0.15) is 24.6 Å². The van der Waals surface area contributed by atoms with Crippen LogP contribution < -0.4 is 5.73 Å². The van der Waals surface area contributed by atoms with Gasteiger partial charge in [0, 0.05) is 28.3 Å². The zero-order valence-corrected chi connectivity index (χ0v) is 10.00. The van der Waals surface area contributed by atoms with E-state index in [4.69, 9.17) is 5.73 Å². The van der Waals surface area contributed by atoms with Gasteiger partial charge in [0.1, 0.15) is 0 Å². The molecule has 3 rings (SSSR count). The normalized spacial score (nSPS) is 16.1. The monoisotopic (exact) mass is 264 g/mol.